The lowest BCUT2D eigenvalue weighted by Gasteiger charge is -2.27. The third kappa shape index (κ3) is 4.48. The van der Waals surface area contributed by atoms with Gasteiger partial charge in [0.25, 0.3) is 0 Å². The van der Waals surface area contributed by atoms with Crippen molar-refractivity contribution in [1.29, 1.82) is 0 Å². The van der Waals surface area contributed by atoms with Crippen molar-refractivity contribution in [2.75, 3.05) is 39.9 Å². The molecular weight excluding hydrogens is 353 g/mol. The van der Waals surface area contributed by atoms with Gasteiger partial charge in [0.1, 0.15) is 0 Å². The summed E-state index contributed by atoms with van der Waals surface area (Å²) in [6, 6.07) is 0. The summed E-state index contributed by atoms with van der Waals surface area (Å²) in [5.74, 6) is 1.05. The Kier molecular flexibility index (Phi) is 5.92. The van der Waals surface area contributed by atoms with E-state index in [0.29, 0.717) is 5.41 Å². The van der Waals surface area contributed by atoms with Gasteiger partial charge in [-0.2, -0.15) is 0 Å². The van der Waals surface area contributed by atoms with E-state index in [0.717, 1.165) is 38.8 Å². The summed E-state index contributed by atoms with van der Waals surface area (Å²) in [5.41, 5.74) is 0.684. The molecule has 4 nitrogen and oxygen atoms in total. The lowest BCUT2D eigenvalue weighted by atomic mass is 9.87. The van der Waals surface area contributed by atoms with E-state index in [1.165, 1.54) is 12.8 Å². The summed E-state index contributed by atoms with van der Waals surface area (Å²) in [5, 5.41) is 3.49. The van der Waals surface area contributed by atoms with E-state index in [1.807, 2.05) is 7.05 Å². The maximum absolute atomic E-state index is 5.57. The lowest BCUT2D eigenvalue weighted by Crippen LogP contribution is -2.44. The number of hydrogen-bond donors (Lipinski definition) is 1. The minimum atomic E-state index is 0. The van der Waals surface area contributed by atoms with E-state index in [4.69, 9.17) is 4.74 Å². The van der Waals surface area contributed by atoms with Crippen LogP contribution in [0, 0.1) is 10.8 Å². The van der Waals surface area contributed by atoms with Crippen LogP contribution in [0.1, 0.15) is 33.6 Å². The molecule has 2 rings (SSSR count). The van der Waals surface area contributed by atoms with E-state index in [1.54, 1.807) is 0 Å². The Morgan fingerprint density at radius 2 is 2.11 bits per heavy atom. The van der Waals surface area contributed by atoms with Gasteiger partial charge in [0.2, 0.25) is 0 Å². The SMILES string of the molecule is CN=C(NCC(C)(C)C)N1CCC2(CCOC2)C1.I. The van der Waals surface area contributed by atoms with E-state index in [2.05, 4.69) is 36.0 Å². The molecule has 0 aromatic carbocycles. The van der Waals surface area contributed by atoms with Gasteiger partial charge >= 0.3 is 0 Å². The summed E-state index contributed by atoms with van der Waals surface area (Å²) >= 11 is 0. The number of halogens is 1. The van der Waals surface area contributed by atoms with Crippen LogP contribution in [-0.4, -0.2) is 50.8 Å². The largest absolute Gasteiger partial charge is 0.381 e. The fourth-order valence-electron chi connectivity index (χ4n) is 2.76. The van der Waals surface area contributed by atoms with Crippen molar-refractivity contribution >= 4 is 29.9 Å². The minimum Gasteiger partial charge on any atom is -0.381 e. The molecule has 0 aromatic heterocycles. The maximum atomic E-state index is 5.57. The molecule has 0 aliphatic carbocycles. The quantitative estimate of drug-likeness (QED) is 0.430. The van der Waals surface area contributed by atoms with Gasteiger partial charge in [-0.3, -0.25) is 4.99 Å². The molecule has 0 radical (unpaired) electrons. The number of aliphatic imine (C=N–C) groups is 1. The summed E-state index contributed by atoms with van der Waals surface area (Å²) < 4.78 is 5.57. The zero-order valence-corrected chi connectivity index (χ0v) is 15.0. The molecule has 112 valence electrons. The topological polar surface area (TPSA) is 36.9 Å². The van der Waals surface area contributed by atoms with Crippen LogP contribution in [-0.2, 0) is 4.74 Å². The number of rotatable bonds is 1. The molecule has 2 saturated heterocycles. The molecule has 1 atom stereocenters. The average molecular weight is 381 g/mol. The minimum absolute atomic E-state index is 0. The highest BCUT2D eigenvalue weighted by molar-refractivity contribution is 14.0. The van der Waals surface area contributed by atoms with E-state index < -0.39 is 0 Å². The van der Waals surface area contributed by atoms with Gasteiger partial charge in [-0.25, -0.2) is 0 Å². The first kappa shape index (κ1) is 17.0. The molecule has 0 aromatic rings. The van der Waals surface area contributed by atoms with Gasteiger partial charge in [-0.1, -0.05) is 20.8 Å². The molecule has 1 unspecified atom stereocenters. The van der Waals surface area contributed by atoms with E-state index in [9.17, 15) is 0 Å². The maximum Gasteiger partial charge on any atom is 0.193 e. The van der Waals surface area contributed by atoms with E-state index in [-0.39, 0.29) is 29.4 Å². The molecule has 1 N–H and O–H groups in total. The highest BCUT2D eigenvalue weighted by atomic mass is 127. The normalized spacial score (nSPS) is 27.8. The van der Waals surface area contributed by atoms with Crippen LogP contribution in [0.2, 0.25) is 0 Å². The van der Waals surface area contributed by atoms with Crippen molar-refractivity contribution in [3.8, 4) is 0 Å². The van der Waals surface area contributed by atoms with Crippen LogP contribution in [0.3, 0.4) is 0 Å². The monoisotopic (exact) mass is 381 g/mol. The molecule has 0 bridgehead atoms. The molecule has 2 aliphatic heterocycles. The second kappa shape index (κ2) is 6.61. The Morgan fingerprint density at radius 3 is 2.63 bits per heavy atom. The fourth-order valence-corrected chi connectivity index (χ4v) is 2.76. The number of hydrogen-bond acceptors (Lipinski definition) is 2. The molecule has 2 fully saturated rings. The van der Waals surface area contributed by atoms with Crippen molar-refractivity contribution < 1.29 is 4.74 Å². The fraction of sp³-hybridized carbons (Fsp3) is 0.929. The van der Waals surface area contributed by atoms with Crippen molar-refractivity contribution in [3.63, 3.8) is 0 Å². The second-order valence-corrected chi connectivity index (χ2v) is 6.94. The molecule has 0 amide bonds. The predicted octanol–water partition coefficient (Wildman–Crippen LogP) is 2.34. The third-order valence-corrected chi connectivity index (χ3v) is 3.91. The molecule has 2 heterocycles. The Bertz CT molecular complexity index is 319. The van der Waals surface area contributed by atoms with Crippen LogP contribution in [0.25, 0.3) is 0 Å². The van der Waals surface area contributed by atoms with Crippen LogP contribution < -0.4 is 5.32 Å². The van der Waals surface area contributed by atoms with Gasteiger partial charge in [0.15, 0.2) is 5.96 Å². The number of guanidine groups is 1. The standard InChI is InChI=1S/C14H27N3O.HI/c1-13(2,3)9-16-12(15-4)17-7-5-14(10-17)6-8-18-11-14;/h5-11H2,1-4H3,(H,15,16);1H. The number of nitrogens with zero attached hydrogens (tertiary/aromatic N) is 2. The number of likely N-dealkylation sites (tertiary alicyclic amines) is 1. The van der Waals surface area contributed by atoms with Gasteiger partial charge in [-0.15, -0.1) is 24.0 Å². The Morgan fingerprint density at radius 1 is 1.37 bits per heavy atom. The zero-order chi connectivity index (χ0) is 13.2. The highest BCUT2D eigenvalue weighted by Crippen LogP contribution is 2.38. The van der Waals surface area contributed by atoms with Crippen LogP contribution in [0.15, 0.2) is 4.99 Å². The first-order valence-electron chi connectivity index (χ1n) is 6.98. The molecule has 19 heavy (non-hydrogen) atoms. The lowest BCUT2D eigenvalue weighted by molar-refractivity contribution is 0.156. The summed E-state index contributed by atoms with van der Waals surface area (Å²) in [6.45, 7) is 11.7. The Hall–Kier alpha value is -0.0400. The molecule has 0 saturated carbocycles. The first-order valence-corrected chi connectivity index (χ1v) is 6.98. The van der Waals surface area contributed by atoms with E-state index >= 15 is 0 Å². The highest BCUT2D eigenvalue weighted by Gasteiger charge is 2.42. The van der Waals surface area contributed by atoms with Crippen molar-refractivity contribution in [2.45, 2.75) is 33.6 Å². The van der Waals surface area contributed by atoms with Crippen LogP contribution in [0.4, 0.5) is 0 Å². The predicted molar refractivity (Wildman–Crippen MR) is 90.3 cm³/mol. The summed E-state index contributed by atoms with van der Waals surface area (Å²) in [6.07, 6.45) is 2.45. The smallest absolute Gasteiger partial charge is 0.193 e. The third-order valence-electron chi connectivity index (χ3n) is 3.91. The molecule has 2 aliphatic rings. The Labute approximate surface area is 134 Å². The summed E-state index contributed by atoms with van der Waals surface area (Å²) in [7, 11) is 1.88. The molecule has 5 heteroatoms. The van der Waals surface area contributed by atoms with Crippen LogP contribution in [0.5, 0.6) is 0 Å². The van der Waals surface area contributed by atoms with Gasteiger partial charge in [0.05, 0.1) is 6.61 Å². The van der Waals surface area contributed by atoms with Crippen molar-refractivity contribution in [3.05, 3.63) is 0 Å². The first-order chi connectivity index (χ1) is 8.44. The molecule has 1 spiro atoms. The Balaban J connectivity index is 0.00000180. The van der Waals surface area contributed by atoms with Gasteiger partial charge in [0, 0.05) is 38.7 Å². The van der Waals surface area contributed by atoms with Gasteiger partial charge in [-0.05, 0) is 18.3 Å². The molecular formula is C14H28IN3O. The van der Waals surface area contributed by atoms with Crippen molar-refractivity contribution in [2.24, 2.45) is 15.8 Å². The number of ether oxygens (including phenoxy) is 1. The van der Waals surface area contributed by atoms with Crippen molar-refractivity contribution in [1.82, 2.24) is 10.2 Å². The van der Waals surface area contributed by atoms with Gasteiger partial charge < -0.3 is 15.0 Å². The zero-order valence-electron chi connectivity index (χ0n) is 12.7. The second-order valence-electron chi connectivity index (χ2n) is 6.94. The summed E-state index contributed by atoms with van der Waals surface area (Å²) in [4.78, 5) is 6.81. The van der Waals surface area contributed by atoms with Crippen LogP contribution >= 0.6 is 24.0 Å². The average Bonchev–Trinajstić information content (AvgIpc) is 2.90. The number of nitrogens with one attached hydrogen (secondary N) is 1.